The van der Waals surface area contributed by atoms with E-state index in [1.165, 1.54) is 0 Å². The minimum absolute atomic E-state index is 0.0536. The second-order valence-electron chi connectivity index (χ2n) is 4.39. The molecule has 5 nitrogen and oxygen atoms in total. The van der Waals surface area contributed by atoms with Gasteiger partial charge in [-0.3, -0.25) is 0 Å². The lowest BCUT2D eigenvalue weighted by atomic mass is 10.2. The fraction of sp³-hybridized carbons (Fsp3) is 0.500. The third-order valence-corrected chi connectivity index (χ3v) is 3.81. The summed E-state index contributed by atoms with van der Waals surface area (Å²) < 4.78 is 26.0. The molecule has 0 saturated carbocycles. The van der Waals surface area contributed by atoms with Crippen LogP contribution in [0, 0.1) is 0 Å². The lowest BCUT2D eigenvalue weighted by molar-refractivity contribution is 0.182. The van der Waals surface area contributed by atoms with Crippen molar-refractivity contribution in [3.8, 4) is 0 Å². The lowest BCUT2D eigenvalue weighted by Gasteiger charge is -2.08. The standard InChI is InChI=1S/C12H20N2O3S/c1-10(15)3-2-8-14-18(16,17)9-11-4-6-12(13)7-5-11/h4-7,10,14-15H,2-3,8-9,13H2,1H3. The van der Waals surface area contributed by atoms with Crippen molar-refractivity contribution in [1.82, 2.24) is 4.72 Å². The number of nitrogen functional groups attached to an aromatic ring is 1. The Labute approximate surface area is 108 Å². The molecule has 4 N–H and O–H groups in total. The molecule has 0 amide bonds. The molecule has 0 aromatic heterocycles. The van der Waals surface area contributed by atoms with Gasteiger partial charge in [0.05, 0.1) is 11.9 Å². The van der Waals surface area contributed by atoms with Crippen molar-refractivity contribution in [2.45, 2.75) is 31.6 Å². The van der Waals surface area contributed by atoms with Crippen LogP contribution in [0.15, 0.2) is 24.3 Å². The highest BCUT2D eigenvalue weighted by Crippen LogP contribution is 2.08. The van der Waals surface area contributed by atoms with Crippen molar-refractivity contribution in [1.29, 1.82) is 0 Å². The van der Waals surface area contributed by atoms with E-state index < -0.39 is 16.1 Å². The second kappa shape index (κ2) is 6.72. The summed E-state index contributed by atoms with van der Waals surface area (Å²) in [5.41, 5.74) is 6.84. The normalized spacial score (nSPS) is 13.4. The van der Waals surface area contributed by atoms with Gasteiger partial charge in [-0.1, -0.05) is 12.1 Å². The van der Waals surface area contributed by atoms with E-state index in [9.17, 15) is 8.42 Å². The second-order valence-corrected chi connectivity index (χ2v) is 6.19. The van der Waals surface area contributed by atoms with Crippen molar-refractivity contribution in [3.05, 3.63) is 29.8 Å². The zero-order valence-electron chi connectivity index (χ0n) is 10.5. The van der Waals surface area contributed by atoms with Gasteiger partial charge in [-0.25, -0.2) is 13.1 Å². The molecule has 1 atom stereocenters. The first-order chi connectivity index (χ1) is 8.39. The molecule has 1 aromatic carbocycles. The molecule has 0 saturated heterocycles. The monoisotopic (exact) mass is 272 g/mol. The number of sulfonamides is 1. The maximum Gasteiger partial charge on any atom is 0.215 e. The van der Waals surface area contributed by atoms with Gasteiger partial charge < -0.3 is 10.8 Å². The zero-order chi connectivity index (χ0) is 13.6. The molecule has 0 spiro atoms. The highest BCUT2D eigenvalue weighted by molar-refractivity contribution is 7.88. The third kappa shape index (κ3) is 6.00. The van der Waals surface area contributed by atoms with Crippen molar-refractivity contribution in [2.24, 2.45) is 0 Å². The molecule has 1 aromatic rings. The number of rotatable bonds is 7. The first kappa shape index (κ1) is 14.9. The molecule has 1 unspecified atom stereocenters. The molecule has 1 rings (SSSR count). The maximum absolute atomic E-state index is 11.7. The Hall–Kier alpha value is -1.11. The fourth-order valence-corrected chi connectivity index (χ4v) is 2.70. The molecule has 0 fully saturated rings. The summed E-state index contributed by atoms with van der Waals surface area (Å²) in [6.45, 7) is 2.03. The zero-order valence-corrected chi connectivity index (χ0v) is 11.3. The van der Waals surface area contributed by atoms with E-state index in [1.54, 1.807) is 31.2 Å². The van der Waals surface area contributed by atoms with E-state index in [2.05, 4.69) is 4.72 Å². The van der Waals surface area contributed by atoms with Crippen LogP contribution in [0.3, 0.4) is 0 Å². The van der Waals surface area contributed by atoms with Gasteiger partial charge in [-0.2, -0.15) is 0 Å². The number of benzene rings is 1. The molecule has 0 radical (unpaired) electrons. The van der Waals surface area contributed by atoms with Gasteiger partial charge in [-0.15, -0.1) is 0 Å². The van der Waals surface area contributed by atoms with E-state index in [0.29, 0.717) is 30.6 Å². The van der Waals surface area contributed by atoms with Crippen LogP contribution in [0.1, 0.15) is 25.3 Å². The number of hydrogen-bond acceptors (Lipinski definition) is 4. The van der Waals surface area contributed by atoms with Gasteiger partial charge in [0.15, 0.2) is 0 Å². The van der Waals surface area contributed by atoms with E-state index in [1.807, 2.05) is 0 Å². The number of hydrogen-bond donors (Lipinski definition) is 3. The van der Waals surface area contributed by atoms with Crippen LogP contribution < -0.4 is 10.5 Å². The van der Waals surface area contributed by atoms with Gasteiger partial charge >= 0.3 is 0 Å². The largest absolute Gasteiger partial charge is 0.399 e. The van der Waals surface area contributed by atoms with Gasteiger partial charge in [0, 0.05) is 12.2 Å². The van der Waals surface area contributed by atoms with E-state index in [-0.39, 0.29) is 5.75 Å². The lowest BCUT2D eigenvalue weighted by Crippen LogP contribution is -2.26. The van der Waals surface area contributed by atoms with Crippen LogP contribution in [0.2, 0.25) is 0 Å². The third-order valence-electron chi connectivity index (χ3n) is 2.46. The Balaban J connectivity index is 2.42. The SMILES string of the molecule is CC(O)CCCNS(=O)(=O)Cc1ccc(N)cc1. The molecule has 0 bridgehead atoms. The maximum atomic E-state index is 11.7. The Bertz CT molecular complexity index is 455. The summed E-state index contributed by atoms with van der Waals surface area (Å²) >= 11 is 0. The smallest absolute Gasteiger partial charge is 0.215 e. The topological polar surface area (TPSA) is 92.4 Å². The predicted octanol–water partition coefficient (Wildman–Crippen LogP) is 0.849. The van der Waals surface area contributed by atoms with Crippen molar-refractivity contribution in [2.75, 3.05) is 12.3 Å². The van der Waals surface area contributed by atoms with E-state index >= 15 is 0 Å². The average Bonchev–Trinajstić information content (AvgIpc) is 2.27. The van der Waals surface area contributed by atoms with Gasteiger partial charge in [0.2, 0.25) is 10.0 Å². The van der Waals surface area contributed by atoms with Gasteiger partial charge in [0.1, 0.15) is 0 Å². The van der Waals surface area contributed by atoms with Crippen LogP contribution in [0.5, 0.6) is 0 Å². The number of nitrogens with one attached hydrogen (secondary N) is 1. The van der Waals surface area contributed by atoms with Crippen LogP contribution in [-0.2, 0) is 15.8 Å². The number of anilines is 1. The molecular weight excluding hydrogens is 252 g/mol. The number of aliphatic hydroxyl groups excluding tert-OH is 1. The van der Waals surface area contributed by atoms with E-state index in [0.717, 1.165) is 0 Å². The molecule has 0 aliphatic rings. The van der Waals surface area contributed by atoms with Crippen molar-refractivity contribution < 1.29 is 13.5 Å². The number of nitrogens with two attached hydrogens (primary N) is 1. The van der Waals surface area contributed by atoms with Crippen LogP contribution in [0.4, 0.5) is 5.69 Å². The Morgan fingerprint density at radius 3 is 2.50 bits per heavy atom. The Morgan fingerprint density at radius 2 is 1.94 bits per heavy atom. The highest BCUT2D eigenvalue weighted by atomic mass is 32.2. The van der Waals surface area contributed by atoms with E-state index in [4.69, 9.17) is 10.8 Å². The summed E-state index contributed by atoms with van der Waals surface area (Å²) in [6, 6.07) is 6.76. The minimum atomic E-state index is -3.32. The van der Waals surface area contributed by atoms with Gasteiger partial charge in [-0.05, 0) is 37.5 Å². The summed E-state index contributed by atoms with van der Waals surface area (Å²) in [5.74, 6) is -0.0536. The molecule has 18 heavy (non-hydrogen) atoms. The highest BCUT2D eigenvalue weighted by Gasteiger charge is 2.10. The molecule has 0 heterocycles. The fourth-order valence-electron chi connectivity index (χ4n) is 1.51. The van der Waals surface area contributed by atoms with Gasteiger partial charge in [0.25, 0.3) is 0 Å². The molecule has 0 aliphatic heterocycles. The van der Waals surface area contributed by atoms with Crippen LogP contribution >= 0.6 is 0 Å². The predicted molar refractivity (Wildman–Crippen MR) is 72.4 cm³/mol. The molecular formula is C12H20N2O3S. The molecule has 6 heteroatoms. The molecule has 0 aliphatic carbocycles. The van der Waals surface area contributed by atoms with Crippen LogP contribution in [-0.4, -0.2) is 26.2 Å². The molecule has 102 valence electrons. The van der Waals surface area contributed by atoms with Crippen LogP contribution in [0.25, 0.3) is 0 Å². The summed E-state index contributed by atoms with van der Waals surface area (Å²) in [7, 11) is -3.32. The summed E-state index contributed by atoms with van der Waals surface area (Å²) in [4.78, 5) is 0. The summed E-state index contributed by atoms with van der Waals surface area (Å²) in [6.07, 6.45) is 0.815. The minimum Gasteiger partial charge on any atom is -0.399 e. The Kier molecular flexibility index (Phi) is 5.58. The quantitative estimate of drug-likeness (QED) is 0.507. The summed E-state index contributed by atoms with van der Waals surface area (Å²) in [5, 5.41) is 9.05. The number of aliphatic hydroxyl groups is 1. The van der Waals surface area contributed by atoms with Crippen molar-refractivity contribution in [3.63, 3.8) is 0 Å². The van der Waals surface area contributed by atoms with Crippen molar-refractivity contribution >= 4 is 15.7 Å². The first-order valence-corrected chi connectivity index (χ1v) is 7.54. The first-order valence-electron chi connectivity index (χ1n) is 5.89. The Morgan fingerprint density at radius 1 is 1.33 bits per heavy atom. The average molecular weight is 272 g/mol.